The van der Waals surface area contributed by atoms with Crippen LogP contribution in [0.5, 0.6) is 5.75 Å². The van der Waals surface area contributed by atoms with Crippen molar-refractivity contribution >= 4 is 38.9 Å². The molecule has 2 N–H and O–H groups in total. The van der Waals surface area contributed by atoms with Gasteiger partial charge in [0.1, 0.15) is 5.75 Å². The molecule has 0 radical (unpaired) electrons. The van der Waals surface area contributed by atoms with Crippen molar-refractivity contribution in [2.45, 2.75) is 62.9 Å². The molecule has 2 atom stereocenters. The zero-order valence-electron chi connectivity index (χ0n) is 24.7. The summed E-state index contributed by atoms with van der Waals surface area (Å²) in [6, 6.07) is 5.73. The SMILES string of the molecule is COC(=O)C(=O)N[C@@H]1CC=CC2=C3C(=C3C(=O)NS(=O)(=O)N(C)C)Cn3c(cc4c(OC)ccc(C5CCCCC5)c43)C21. The van der Waals surface area contributed by atoms with E-state index in [0.717, 1.165) is 70.6 Å². The van der Waals surface area contributed by atoms with E-state index in [4.69, 9.17) is 4.74 Å². The molecule has 2 aromatic rings. The number of methoxy groups -OCH3 is 2. The molecule has 228 valence electrons. The van der Waals surface area contributed by atoms with E-state index in [9.17, 15) is 22.8 Å². The number of ether oxygens (including phenoxy) is 2. The third-order valence-electron chi connectivity index (χ3n) is 9.10. The maximum absolute atomic E-state index is 13.4. The zero-order valence-corrected chi connectivity index (χ0v) is 25.5. The summed E-state index contributed by atoms with van der Waals surface area (Å²) in [6.45, 7) is 0.358. The Bertz CT molecular complexity index is 1740. The maximum atomic E-state index is 13.4. The summed E-state index contributed by atoms with van der Waals surface area (Å²) < 4.78 is 40.9. The molecule has 1 aromatic heterocycles. The van der Waals surface area contributed by atoms with Gasteiger partial charge in [0.05, 0.1) is 25.3 Å². The second-order valence-corrected chi connectivity index (χ2v) is 13.6. The van der Waals surface area contributed by atoms with E-state index in [1.807, 2.05) is 18.2 Å². The van der Waals surface area contributed by atoms with Crippen molar-refractivity contribution in [2.75, 3.05) is 28.3 Å². The quantitative estimate of drug-likeness (QED) is 0.380. The Kier molecular flexibility index (Phi) is 7.45. The van der Waals surface area contributed by atoms with Crippen molar-refractivity contribution in [3.8, 4) is 5.75 Å². The fourth-order valence-corrected chi connectivity index (χ4v) is 7.51. The summed E-state index contributed by atoms with van der Waals surface area (Å²) in [6.07, 6.45) is 9.99. The van der Waals surface area contributed by atoms with Gasteiger partial charge in [0.15, 0.2) is 0 Å². The van der Waals surface area contributed by atoms with Crippen molar-refractivity contribution in [1.82, 2.24) is 18.9 Å². The fraction of sp³-hybridized carbons (Fsp3) is 0.452. The van der Waals surface area contributed by atoms with E-state index >= 15 is 0 Å². The number of fused-ring (bicyclic) bond motifs is 6. The standard InChI is InChI=1S/C31H36N4O7S/c1-34(2)43(39,40)33-29(36)27-21-16-35-23(26-19(25(21)27)11-8-12-22(26)32-30(37)31(38)42-4)15-20-24(41-3)14-13-18(28(20)35)17-9-6-5-7-10-17/h8,11,13-15,17,22,26H,5-7,9-10,12,16H2,1-4H3,(H,32,37)(H,33,36)/t22-,26?/m1/s1. The average Bonchev–Trinajstić information content (AvgIpc) is 3.63. The van der Waals surface area contributed by atoms with E-state index in [0.29, 0.717) is 30.0 Å². The Morgan fingerprint density at radius 2 is 1.81 bits per heavy atom. The highest BCUT2D eigenvalue weighted by Gasteiger charge is 2.47. The molecular formula is C31H36N4O7S. The predicted molar refractivity (Wildman–Crippen MR) is 160 cm³/mol. The molecule has 43 heavy (non-hydrogen) atoms. The summed E-state index contributed by atoms with van der Waals surface area (Å²) in [5.41, 5.74) is 5.76. The minimum Gasteiger partial charge on any atom is -0.496 e. The Morgan fingerprint density at radius 1 is 1.07 bits per heavy atom. The Labute approximate surface area is 250 Å². The molecule has 1 saturated carbocycles. The molecule has 3 aliphatic carbocycles. The Hall–Kier alpha value is -3.90. The highest BCUT2D eigenvalue weighted by molar-refractivity contribution is 7.87. The first-order valence-corrected chi connectivity index (χ1v) is 16.0. The first-order chi connectivity index (χ1) is 20.6. The van der Waals surface area contributed by atoms with Crippen LogP contribution in [-0.4, -0.2) is 69.4 Å². The molecule has 0 bridgehead atoms. The van der Waals surface area contributed by atoms with Crippen LogP contribution in [0.15, 0.2) is 52.6 Å². The summed E-state index contributed by atoms with van der Waals surface area (Å²) in [5.74, 6) is -1.85. The molecule has 1 aromatic carbocycles. The van der Waals surface area contributed by atoms with Crippen LogP contribution in [0.25, 0.3) is 10.9 Å². The second-order valence-electron chi connectivity index (χ2n) is 11.7. The van der Waals surface area contributed by atoms with Gasteiger partial charge >= 0.3 is 22.1 Å². The molecular weight excluding hydrogens is 572 g/mol. The molecule has 0 spiro atoms. The lowest BCUT2D eigenvalue weighted by molar-refractivity contribution is -0.153. The summed E-state index contributed by atoms with van der Waals surface area (Å²) >= 11 is 0. The van der Waals surface area contributed by atoms with Crippen LogP contribution in [0.2, 0.25) is 0 Å². The summed E-state index contributed by atoms with van der Waals surface area (Å²) in [7, 11) is 1.50. The van der Waals surface area contributed by atoms with E-state index in [-0.39, 0.29) is 0 Å². The number of hydrogen-bond donors (Lipinski definition) is 2. The Morgan fingerprint density at radius 3 is 2.49 bits per heavy atom. The minimum atomic E-state index is -4.01. The van der Waals surface area contributed by atoms with Crippen molar-refractivity contribution < 1.29 is 32.3 Å². The summed E-state index contributed by atoms with van der Waals surface area (Å²) in [4.78, 5) is 38.2. The molecule has 1 unspecified atom stereocenters. The largest absolute Gasteiger partial charge is 0.496 e. The number of hydrogen-bond acceptors (Lipinski definition) is 7. The number of nitrogens with zero attached hydrogens (tertiary/aromatic N) is 2. The van der Waals surface area contributed by atoms with Crippen LogP contribution in [0.4, 0.5) is 0 Å². The van der Waals surface area contributed by atoms with Gasteiger partial charge in [-0.1, -0.05) is 37.5 Å². The Balaban J connectivity index is 1.55. The van der Waals surface area contributed by atoms with Crippen LogP contribution in [-0.2, 0) is 35.9 Å². The van der Waals surface area contributed by atoms with Gasteiger partial charge in [0, 0.05) is 43.7 Å². The molecule has 11 nitrogen and oxygen atoms in total. The molecule has 1 aliphatic heterocycles. The number of allylic oxidation sites excluding steroid dienone is 2. The number of nitrogens with one attached hydrogen (secondary N) is 2. The van der Waals surface area contributed by atoms with Gasteiger partial charge in [0.2, 0.25) is 0 Å². The van der Waals surface area contributed by atoms with Crippen molar-refractivity contribution in [3.05, 3.63) is 63.9 Å². The number of esters is 1. The topological polar surface area (TPSA) is 136 Å². The summed E-state index contributed by atoms with van der Waals surface area (Å²) in [5, 5.41) is 3.80. The van der Waals surface area contributed by atoms with Gasteiger partial charge in [-0.3, -0.25) is 9.59 Å². The lowest BCUT2D eigenvalue weighted by Crippen LogP contribution is -2.44. The maximum Gasteiger partial charge on any atom is 0.396 e. The van der Waals surface area contributed by atoms with Gasteiger partial charge < -0.3 is 19.4 Å². The van der Waals surface area contributed by atoms with Crippen LogP contribution in [0, 0.1) is 0 Å². The minimum absolute atomic E-state index is 0.338. The van der Waals surface area contributed by atoms with E-state index < -0.39 is 40.0 Å². The monoisotopic (exact) mass is 608 g/mol. The van der Waals surface area contributed by atoms with Gasteiger partial charge in [-0.2, -0.15) is 12.7 Å². The number of carbonyl (C=O) groups excluding carboxylic acids is 3. The van der Waals surface area contributed by atoms with Gasteiger partial charge in [-0.25, -0.2) is 9.52 Å². The first kappa shape index (κ1) is 29.2. The number of amides is 2. The molecule has 2 amide bonds. The number of aromatic nitrogens is 1. The van der Waals surface area contributed by atoms with Gasteiger partial charge in [0.25, 0.3) is 5.91 Å². The number of rotatable bonds is 6. The normalized spacial score (nSPS) is 21.6. The predicted octanol–water partition coefficient (Wildman–Crippen LogP) is 2.94. The fourth-order valence-electron chi connectivity index (χ4n) is 6.99. The molecule has 6 rings (SSSR count). The highest BCUT2D eigenvalue weighted by Crippen LogP contribution is 2.53. The number of benzene rings is 1. The molecule has 1 fully saturated rings. The van der Waals surface area contributed by atoms with Gasteiger partial charge in [-0.05, 0) is 59.6 Å². The molecule has 0 saturated heterocycles. The van der Waals surface area contributed by atoms with E-state index in [1.54, 1.807) is 7.11 Å². The van der Waals surface area contributed by atoms with Crippen LogP contribution in [0.1, 0.15) is 61.6 Å². The van der Waals surface area contributed by atoms with Crippen LogP contribution >= 0.6 is 0 Å². The molecule has 4 aliphatic rings. The highest BCUT2D eigenvalue weighted by atomic mass is 32.2. The lowest BCUT2D eigenvalue weighted by Gasteiger charge is -2.31. The van der Waals surface area contributed by atoms with Crippen molar-refractivity contribution in [1.29, 1.82) is 0 Å². The number of carbonyl (C=O) groups is 3. The van der Waals surface area contributed by atoms with E-state index in [1.165, 1.54) is 26.1 Å². The van der Waals surface area contributed by atoms with Crippen molar-refractivity contribution in [2.24, 2.45) is 0 Å². The lowest BCUT2D eigenvalue weighted by atomic mass is 9.81. The van der Waals surface area contributed by atoms with Crippen LogP contribution < -0.4 is 14.8 Å². The molecule has 2 heterocycles. The smallest absolute Gasteiger partial charge is 0.396 e. The van der Waals surface area contributed by atoms with Crippen LogP contribution in [0.3, 0.4) is 0 Å². The second kappa shape index (κ2) is 11.0. The third-order valence-corrected chi connectivity index (χ3v) is 10.5. The van der Waals surface area contributed by atoms with Crippen molar-refractivity contribution in [3.63, 3.8) is 0 Å². The first-order valence-electron chi connectivity index (χ1n) is 14.5. The third kappa shape index (κ3) is 4.96. The zero-order chi connectivity index (χ0) is 30.6. The van der Waals surface area contributed by atoms with E-state index in [2.05, 4.69) is 31.5 Å². The average molecular weight is 609 g/mol. The molecule has 12 heteroatoms. The van der Waals surface area contributed by atoms with Gasteiger partial charge in [-0.15, -0.1) is 0 Å².